The molecule has 0 rings (SSSR count). The minimum atomic E-state index is -0.944. The Bertz CT molecular complexity index is 822. The maximum Gasteiger partial charge on any atom is 0.176 e. The van der Waals surface area contributed by atoms with Crippen LogP contribution >= 0.6 is 0 Å². The number of hydrogen-bond acceptors (Lipinski definition) is 13. The van der Waals surface area contributed by atoms with Crippen LogP contribution in [-0.2, 0) is 42.6 Å². The average Bonchev–Trinajstić information content (AvgIpc) is 3.05. The van der Waals surface area contributed by atoms with Crippen LogP contribution in [0.15, 0.2) is 85.9 Å². The van der Waals surface area contributed by atoms with Crippen LogP contribution in [0, 0.1) is 0 Å². The zero-order valence-electron chi connectivity index (χ0n) is 27.5. The van der Waals surface area contributed by atoms with Crippen LogP contribution in [-0.4, -0.2) is 124 Å². The van der Waals surface area contributed by atoms with Gasteiger partial charge in [-0.25, -0.2) is 0 Å². The van der Waals surface area contributed by atoms with Gasteiger partial charge >= 0.3 is 0 Å². The molecule has 0 aliphatic carbocycles. The van der Waals surface area contributed by atoms with Gasteiger partial charge in [-0.3, -0.25) is 0 Å². The number of allylic oxidation sites excluding steroid dienone is 6. The van der Waals surface area contributed by atoms with Gasteiger partial charge in [-0.1, -0.05) is 43.5 Å². The fraction of sp³-hybridized carbons (Fsp3) is 0.576. The maximum atomic E-state index is 9.41. The molecule has 0 saturated carbocycles. The molecule has 0 bridgehead atoms. The first-order valence-corrected chi connectivity index (χ1v) is 15.4. The Kier molecular flexibility index (Phi) is 36.0. The third kappa shape index (κ3) is 37.4. The highest BCUT2D eigenvalue weighted by atomic mass is 16.6. The minimum Gasteiger partial charge on any atom is -0.377 e. The molecule has 4 N–H and O–H groups in total. The summed E-state index contributed by atoms with van der Waals surface area (Å²) in [5, 5.41) is 18.4. The summed E-state index contributed by atoms with van der Waals surface area (Å²) >= 11 is 0. The predicted molar refractivity (Wildman–Crippen MR) is 179 cm³/mol. The lowest BCUT2D eigenvalue weighted by molar-refractivity contribution is -0.0902. The van der Waals surface area contributed by atoms with E-state index in [0.29, 0.717) is 118 Å². The summed E-state index contributed by atoms with van der Waals surface area (Å²) in [5.74, 6) is 0. The van der Waals surface area contributed by atoms with Gasteiger partial charge in [-0.15, -0.1) is 0 Å². The van der Waals surface area contributed by atoms with Gasteiger partial charge in [-0.05, 0) is 49.3 Å². The molecule has 1 unspecified atom stereocenters. The van der Waals surface area contributed by atoms with E-state index in [-0.39, 0.29) is 0 Å². The quantitative estimate of drug-likeness (QED) is 0.0341. The first-order chi connectivity index (χ1) is 22.7. The zero-order valence-corrected chi connectivity index (χ0v) is 27.5. The highest BCUT2D eigenvalue weighted by molar-refractivity contribution is 5.02. The zero-order chi connectivity index (χ0) is 33.4. The summed E-state index contributed by atoms with van der Waals surface area (Å²) in [7, 11) is 0. The Balaban J connectivity index is 3.28. The highest BCUT2D eigenvalue weighted by Crippen LogP contribution is 1.98. The molecule has 0 heterocycles. The third-order valence-electron chi connectivity index (χ3n) is 5.04. The fourth-order valence-electron chi connectivity index (χ4n) is 2.75. The van der Waals surface area contributed by atoms with E-state index < -0.39 is 6.29 Å². The number of nitrogens with one attached hydrogen (secondary N) is 3. The second-order valence-electron chi connectivity index (χ2n) is 9.00. The molecule has 0 spiro atoms. The maximum absolute atomic E-state index is 9.41. The van der Waals surface area contributed by atoms with Crippen LogP contribution in [0.4, 0.5) is 0 Å². The van der Waals surface area contributed by atoms with E-state index in [1.807, 2.05) is 36.5 Å². The van der Waals surface area contributed by atoms with Crippen molar-refractivity contribution in [1.82, 2.24) is 16.0 Å². The van der Waals surface area contributed by atoms with Crippen molar-refractivity contribution < 1.29 is 47.7 Å². The molecule has 0 amide bonds. The molecular weight excluding hydrogens is 598 g/mol. The molecule has 1 atom stereocenters. The van der Waals surface area contributed by atoms with Crippen LogP contribution in [0.1, 0.15) is 6.92 Å². The van der Waals surface area contributed by atoms with E-state index in [2.05, 4.69) is 29.1 Å². The number of rotatable bonds is 36. The summed E-state index contributed by atoms with van der Waals surface area (Å²) in [6, 6.07) is 0. The predicted octanol–water partition coefficient (Wildman–Crippen LogP) is 2.51. The third-order valence-corrected chi connectivity index (χ3v) is 5.04. The van der Waals surface area contributed by atoms with Crippen LogP contribution in [0.5, 0.6) is 0 Å². The second kappa shape index (κ2) is 38.4. The Morgan fingerprint density at radius 1 is 0.543 bits per heavy atom. The average molecular weight is 656 g/mol. The topological polar surface area (TPSA) is 139 Å². The Morgan fingerprint density at radius 2 is 0.913 bits per heavy atom. The summed E-state index contributed by atoms with van der Waals surface area (Å²) in [6.07, 6.45) is 19.2. The second-order valence-corrected chi connectivity index (χ2v) is 9.00. The number of aliphatic hydroxyl groups is 1. The number of hydrogen-bond donors (Lipinski definition) is 4. The monoisotopic (exact) mass is 655 g/mol. The molecule has 0 aromatic carbocycles. The van der Waals surface area contributed by atoms with E-state index in [0.717, 1.165) is 0 Å². The Labute approximate surface area is 275 Å². The molecule has 46 heavy (non-hydrogen) atoms. The van der Waals surface area contributed by atoms with Gasteiger partial charge in [0.1, 0.15) is 20.2 Å². The lowest BCUT2D eigenvalue weighted by Gasteiger charge is -2.11. The first-order valence-electron chi connectivity index (χ1n) is 15.4. The summed E-state index contributed by atoms with van der Waals surface area (Å²) in [4.78, 5) is 0. The molecule has 0 aromatic heterocycles. The van der Waals surface area contributed by atoms with Crippen molar-refractivity contribution in [1.29, 1.82) is 0 Å². The fourth-order valence-corrected chi connectivity index (χ4v) is 2.75. The molecule has 0 aliphatic rings. The van der Waals surface area contributed by atoms with Gasteiger partial charge < -0.3 is 63.7 Å². The smallest absolute Gasteiger partial charge is 0.176 e. The van der Waals surface area contributed by atoms with Crippen molar-refractivity contribution in [3.05, 3.63) is 85.9 Å². The molecule has 0 aromatic rings. The lowest BCUT2D eigenvalue weighted by Crippen LogP contribution is -2.18. The molecule has 13 heteroatoms. The van der Waals surface area contributed by atoms with Crippen LogP contribution in [0.2, 0.25) is 0 Å². The van der Waals surface area contributed by atoms with E-state index >= 15 is 0 Å². The molecule has 13 nitrogen and oxygen atoms in total. The van der Waals surface area contributed by atoms with Gasteiger partial charge in [0.25, 0.3) is 0 Å². The van der Waals surface area contributed by atoms with Gasteiger partial charge in [-0.2, -0.15) is 0 Å². The minimum absolute atomic E-state index is 0.298. The molecule has 0 radical (unpaired) electrons. The van der Waals surface area contributed by atoms with Gasteiger partial charge in [0.05, 0.1) is 92.5 Å². The first kappa shape index (κ1) is 43.2. The van der Waals surface area contributed by atoms with Crippen LogP contribution in [0.3, 0.4) is 0 Å². The molecule has 0 fully saturated rings. The van der Waals surface area contributed by atoms with Crippen molar-refractivity contribution in [2.75, 3.05) is 113 Å². The van der Waals surface area contributed by atoms with E-state index in [1.54, 1.807) is 37.7 Å². The highest BCUT2D eigenvalue weighted by Gasteiger charge is 2.03. The van der Waals surface area contributed by atoms with Crippen molar-refractivity contribution in [2.45, 2.75) is 13.2 Å². The molecular formula is C33H57N3O10. The van der Waals surface area contributed by atoms with Crippen molar-refractivity contribution in [2.24, 2.45) is 0 Å². The number of ether oxygens (including phenoxy) is 9. The van der Waals surface area contributed by atoms with Gasteiger partial charge in [0.15, 0.2) is 6.29 Å². The van der Waals surface area contributed by atoms with Gasteiger partial charge in [0.2, 0.25) is 0 Å². The molecule has 0 aliphatic heterocycles. The van der Waals surface area contributed by atoms with Crippen LogP contribution < -0.4 is 16.0 Å². The summed E-state index contributed by atoms with van der Waals surface area (Å²) in [5.41, 5.74) is 0.564. The standard InChI is InChI=1S/C33H57N3O10/c1-4-5-12-34-29-43-24-21-40-19-17-38-15-10-6-8-13-35-30-44-25-22-41-20-18-39-16-11-7-9-14-36-31-45-26-23-42-27-28-46-33(37)32(2)3/h4-14,33-37H,1-2,15-31H2,3H3/b10-6-,11-7-,12-5+,13-8+,14-9+. The van der Waals surface area contributed by atoms with Crippen molar-refractivity contribution in [3.8, 4) is 0 Å². The van der Waals surface area contributed by atoms with E-state index in [4.69, 9.17) is 42.6 Å². The molecule has 264 valence electrons. The Hall–Kier alpha value is -2.82. The summed E-state index contributed by atoms with van der Waals surface area (Å²) in [6.45, 7) is 16.8. The van der Waals surface area contributed by atoms with Crippen molar-refractivity contribution >= 4 is 0 Å². The van der Waals surface area contributed by atoms with Crippen molar-refractivity contribution in [3.63, 3.8) is 0 Å². The van der Waals surface area contributed by atoms with Gasteiger partial charge in [0, 0.05) is 0 Å². The largest absolute Gasteiger partial charge is 0.377 e. The van der Waals surface area contributed by atoms with E-state index in [9.17, 15) is 5.11 Å². The lowest BCUT2D eigenvalue weighted by atomic mass is 10.3. The SMILES string of the molecule is C=C/C=C/NCOCCOCCOC/C=C\C=C\NCOCCOCCOC/C=C\C=C\NCOCCOCCOC(O)C(=C)C. The Morgan fingerprint density at radius 3 is 1.33 bits per heavy atom. The van der Waals surface area contributed by atoms with Crippen LogP contribution in [0.25, 0.3) is 0 Å². The van der Waals surface area contributed by atoms with E-state index in [1.165, 1.54) is 0 Å². The number of aliphatic hydroxyl groups excluding tert-OH is 1. The normalized spacial score (nSPS) is 12.7. The molecule has 0 saturated heterocycles. The summed E-state index contributed by atoms with van der Waals surface area (Å²) < 4.78 is 48.5.